The van der Waals surface area contributed by atoms with Crippen LogP contribution in [0.4, 0.5) is 5.69 Å². The minimum absolute atomic E-state index is 0.370. The number of para-hydroxylation sites is 2. The lowest BCUT2D eigenvalue weighted by Gasteiger charge is -2.22. The minimum atomic E-state index is 0.370. The lowest BCUT2D eigenvalue weighted by atomic mass is 10.2. The molecule has 1 aromatic heterocycles. The van der Waals surface area contributed by atoms with E-state index in [2.05, 4.69) is 50.9 Å². The second-order valence-corrected chi connectivity index (χ2v) is 6.88. The van der Waals surface area contributed by atoms with Crippen LogP contribution < -0.4 is 20.3 Å². The van der Waals surface area contributed by atoms with Crippen LogP contribution in [0.2, 0.25) is 0 Å². The fourth-order valence-corrected chi connectivity index (χ4v) is 3.41. The maximum absolute atomic E-state index is 5.49. The highest BCUT2D eigenvalue weighted by atomic mass is 16.5. The zero-order valence-corrected chi connectivity index (χ0v) is 16.5. The van der Waals surface area contributed by atoms with Gasteiger partial charge in [-0.1, -0.05) is 12.1 Å². The van der Waals surface area contributed by atoms with Gasteiger partial charge in [-0.25, -0.2) is 0 Å². The van der Waals surface area contributed by atoms with Crippen molar-refractivity contribution in [3.63, 3.8) is 0 Å². The van der Waals surface area contributed by atoms with Gasteiger partial charge in [0.2, 0.25) is 0 Å². The molecule has 0 amide bonds. The van der Waals surface area contributed by atoms with E-state index in [1.54, 1.807) is 7.11 Å². The van der Waals surface area contributed by atoms with Gasteiger partial charge in [-0.3, -0.25) is 9.67 Å². The second kappa shape index (κ2) is 9.30. The number of anilines is 1. The average molecular weight is 371 g/mol. The van der Waals surface area contributed by atoms with Crippen LogP contribution in [-0.4, -0.2) is 55.6 Å². The van der Waals surface area contributed by atoms with Crippen LogP contribution in [0, 0.1) is 6.92 Å². The highest BCUT2D eigenvalue weighted by Crippen LogP contribution is 2.30. The molecule has 3 rings (SSSR count). The van der Waals surface area contributed by atoms with Crippen LogP contribution in [0.15, 0.2) is 41.7 Å². The number of aromatic nitrogens is 2. The van der Waals surface area contributed by atoms with E-state index in [1.165, 1.54) is 5.56 Å². The van der Waals surface area contributed by atoms with Crippen molar-refractivity contribution in [2.45, 2.75) is 32.4 Å². The average Bonchev–Trinajstić information content (AvgIpc) is 3.33. The summed E-state index contributed by atoms with van der Waals surface area (Å²) < 4.78 is 7.47. The third-order valence-electron chi connectivity index (χ3n) is 4.80. The van der Waals surface area contributed by atoms with Crippen LogP contribution in [0.25, 0.3) is 0 Å². The SMILES string of the molecule is CN=C(NCCCn1cc(C)cn1)NC1CCN(c2ccccc2OC)C1. The molecule has 7 nitrogen and oxygen atoms in total. The first-order valence-electron chi connectivity index (χ1n) is 9.54. The molecule has 2 aromatic rings. The van der Waals surface area contributed by atoms with Gasteiger partial charge in [0.25, 0.3) is 0 Å². The fraction of sp³-hybridized carbons (Fsp3) is 0.500. The molecule has 0 aliphatic carbocycles. The lowest BCUT2D eigenvalue weighted by molar-refractivity contribution is 0.415. The van der Waals surface area contributed by atoms with E-state index in [0.29, 0.717) is 6.04 Å². The highest BCUT2D eigenvalue weighted by molar-refractivity contribution is 5.80. The van der Waals surface area contributed by atoms with E-state index in [4.69, 9.17) is 4.74 Å². The van der Waals surface area contributed by atoms with E-state index in [-0.39, 0.29) is 0 Å². The molecule has 1 fully saturated rings. The van der Waals surface area contributed by atoms with E-state index >= 15 is 0 Å². The van der Waals surface area contributed by atoms with Gasteiger partial charge < -0.3 is 20.3 Å². The summed E-state index contributed by atoms with van der Waals surface area (Å²) >= 11 is 0. The maximum Gasteiger partial charge on any atom is 0.191 e. The van der Waals surface area contributed by atoms with Crippen molar-refractivity contribution >= 4 is 11.6 Å². The topological polar surface area (TPSA) is 66.7 Å². The zero-order chi connectivity index (χ0) is 19.1. The molecule has 1 saturated heterocycles. The molecular weight excluding hydrogens is 340 g/mol. The number of ether oxygens (including phenoxy) is 1. The maximum atomic E-state index is 5.49. The molecular formula is C20H30N6O. The van der Waals surface area contributed by atoms with Gasteiger partial charge in [0, 0.05) is 45.5 Å². The van der Waals surface area contributed by atoms with E-state index < -0.39 is 0 Å². The Morgan fingerprint density at radius 3 is 2.96 bits per heavy atom. The van der Waals surface area contributed by atoms with Gasteiger partial charge >= 0.3 is 0 Å². The Balaban J connectivity index is 1.43. The summed E-state index contributed by atoms with van der Waals surface area (Å²) in [4.78, 5) is 6.73. The zero-order valence-electron chi connectivity index (χ0n) is 16.5. The van der Waals surface area contributed by atoms with Crippen LogP contribution in [-0.2, 0) is 6.54 Å². The quantitative estimate of drug-likeness (QED) is 0.444. The van der Waals surface area contributed by atoms with Crippen molar-refractivity contribution in [1.82, 2.24) is 20.4 Å². The minimum Gasteiger partial charge on any atom is -0.495 e. The van der Waals surface area contributed by atoms with Gasteiger partial charge in [0.05, 0.1) is 19.0 Å². The molecule has 0 bridgehead atoms. The monoisotopic (exact) mass is 370 g/mol. The highest BCUT2D eigenvalue weighted by Gasteiger charge is 2.25. The number of hydrogen-bond acceptors (Lipinski definition) is 4. The summed E-state index contributed by atoms with van der Waals surface area (Å²) in [6, 6.07) is 8.56. The summed E-state index contributed by atoms with van der Waals surface area (Å²) in [5, 5.41) is 11.3. The second-order valence-electron chi connectivity index (χ2n) is 6.88. The normalized spacial score (nSPS) is 17.2. The third kappa shape index (κ3) is 5.15. The Labute approximate surface area is 161 Å². The Hall–Kier alpha value is -2.70. The van der Waals surface area contributed by atoms with E-state index in [0.717, 1.165) is 56.4 Å². The molecule has 1 unspecified atom stereocenters. The molecule has 2 heterocycles. The number of aliphatic imine (C=N–C) groups is 1. The number of hydrogen-bond donors (Lipinski definition) is 2. The van der Waals surface area contributed by atoms with Gasteiger partial charge in [-0.05, 0) is 37.5 Å². The number of benzene rings is 1. The molecule has 0 saturated carbocycles. The molecule has 1 aliphatic heterocycles. The Morgan fingerprint density at radius 2 is 2.22 bits per heavy atom. The predicted molar refractivity (Wildman–Crippen MR) is 110 cm³/mol. The lowest BCUT2D eigenvalue weighted by Crippen LogP contribution is -2.45. The largest absolute Gasteiger partial charge is 0.495 e. The summed E-state index contributed by atoms with van der Waals surface area (Å²) in [5.74, 6) is 1.79. The number of rotatable bonds is 7. The summed E-state index contributed by atoms with van der Waals surface area (Å²) in [6.07, 6.45) is 6.03. The van der Waals surface area contributed by atoms with Crippen LogP contribution in [0.1, 0.15) is 18.4 Å². The van der Waals surface area contributed by atoms with Crippen molar-refractivity contribution in [1.29, 1.82) is 0 Å². The van der Waals surface area contributed by atoms with Crippen LogP contribution in [0.3, 0.4) is 0 Å². The first-order valence-corrected chi connectivity index (χ1v) is 9.54. The van der Waals surface area contributed by atoms with Crippen molar-refractivity contribution in [2.24, 2.45) is 4.99 Å². The smallest absolute Gasteiger partial charge is 0.191 e. The molecule has 27 heavy (non-hydrogen) atoms. The third-order valence-corrected chi connectivity index (χ3v) is 4.80. The summed E-state index contributed by atoms with van der Waals surface area (Å²) in [7, 11) is 3.54. The van der Waals surface area contributed by atoms with Gasteiger partial charge in [-0.2, -0.15) is 5.10 Å². The number of nitrogens with one attached hydrogen (secondary N) is 2. The van der Waals surface area contributed by atoms with Gasteiger partial charge in [-0.15, -0.1) is 0 Å². The van der Waals surface area contributed by atoms with E-state index in [1.807, 2.05) is 30.1 Å². The van der Waals surface area contributed by atoms with Crippen molar-refractivity contribution in [3.8, 4) is 5.75 Å². The van der Waals surface area contributed by atoms with Crippen LogP contribution in [0.5, 0.6) is 5.75 Å². The molecule has 146 valence electrons. The molecule has 1 atom stereocenters. The Kier molecular flexibility index (Phi) is 6.57. The molecule has 7 heteroatoms. The standard InChI is InChI=1S/C20H30N6O/c1-16-13-23-26(14-16)11-6-10-22-20(21-2)24-17-9-12-25(15-17)18-7-4-5-8-19(18)27-3/h4-5,7-8,13-14,17H,6,9-12,15H2,1-3H3,(H2,21,22,24). The van der Waals surface area contributed by atoms with Crippen molar-refractivity contribution in [3.05, 3.63) is 42.2 Å². The number of guanidine groups is 1. The molecule has 1 aromatic carbocycles. The molecule has 0 radical (unpaired) electrons. The Morgan fingerprint density at radius 1 is 1.37 bits per heavy atom. The number of methoxy groups -OCH3 is 1. The summed E-state index contributed by atoms with van der Waals surface area (Å²) in [5.41, 5.74) is 2.35. The molecule has 1 aliphatic rings. The predicted octanol–water partition coefficient (Wildman–Crippen LogP) is 2.03. The van der Waals surface area contributed by atoms with Gasteiger partial charge in [0.1, 0.15) is 5.75 Å². The van der Waals surface area contributed by atoms with Crippen molar-refractivity contribution < 1.29 is 4.74 Å². The van der Waals surface area contributed by atoms with Crippen molar-refractivity contribution in [2.75, 3.05) is 38.7 Å². The van der Waals surface area contributed by atoms with Gasteiger partial charge in [0.15, 0.2) is 5.96 Å². The Bertz CT molecular complexity index is 756. The molecule has 0 spiro atoms. The first-order chi connectivity index (χ1) is 13.2. The van der Waals surface area contributed by atoms with E-state index in [9.17, 15) is 0 Å². The first kappa shape index (κ1) is 19.1. The van der Waals surface area contributed by atoms with Crippen LogP contribution >= 0.6 is 0 Å². The summed E-state index contributed by atoms with van der Waals surface area (Å²) in [6.45, 7) is 5.77. The number of aryl methyl sites for hydroxylation is 2. The fourth-order valence-electron chi connectivity index (χ4n) is 3.41. The number of nitrogens with zero attached hydrogens (tertiary/aromatic N) is 4. The molecule has 2 N–H and O–H groups in total.